The van der Waals surface area contributed by atoms with Gasteiger partial charge in [0.05, 0.1) is 0 Å². The molecule has 0 unspecified atom stereocenters. The molecule has 0 N–H and O–H groups in total. The van der Waals surface area contributed by atoms with Crippen molar-refractivity contribution in [3.63, 3.8) is 0 Å². The van der Waals surface area contributed by atoms with Gasteiger partial charge < -0.3 is 4.42 Å². The summed E-state index contributed by atoms with van der Waals surface area (Å²) in [6.45, 7) is 16.2. The van der Waals surface area contributed by atoms with Crippen LogP contribution in [0.5, 0.6) is 0 Å². The molecule has 59 heavy (non-hydrogen) atoms. The van der Waals surface area contributed by atoms with Gasteiger partial charge in [0.25, 0.3) is 0 Å². The summed E-state index contributed by atoms with van der Waals surface area (Å²) in [5, 5.41) is 4.62. The summed E-state index contributed by atoms with van der Waals surface area (Å²) in [6.07, 6.45) is 2.30. The molecule has 10 rings (SSSR count). The second-order valence-corrected chi connectivity index (χ2v) is 18.8. The molecule has 1 aliphatic rings. The fourth-order valence-electron chi connectivity index (χ4n) is 8.95. The van der Waals surface area contributed by atoms with Gasteiger partial charge in [-0.3, -0.25) is 0 Å². The van der Waals surface area contributed by atoms with Gasteiger partial charge in [0.15, 0.2) is 17.5 Å². The number of hydrogen-bond donors (Lipinski definition) is 0. The van der Waals surface area contributed by atoms with E-state index in [1.54, 1.807) is 0 Å². The monoisotopic (exact) mass is 767 g/mol. The molecule has 290 valence electrons. The van der Waals surface area contributed by atoms with Crippen LogP contribution in [0.4, 0.5) is 0 Å². The van der Waals surface area contributed by atoms with Crippen LogP contribution >= 0.6 is 0 Å². The Labute approximate surface area is 347 Å². The minimum Gasteiger partial charge on any atom is -0.456 e. The Morgan fingerprint density at radius 3 is 1.68 bits per heavy atom. The third-order valence-corrected chi connectivity index (χ3v) is 12.7. The van der Waals surface area contributed by atoms with Crippen LogP contribution in [-0.4, -0.2) is 15.0 Å². The van der Waals surface area contributed by atoms with E-state index in [1.807, 2.05) is 0 Å². The van der Waals surface area contributed by atoms with Crippen LogP contribution in [0.15, 0.2) is 150 Å². The minimum atomic E-state index is 0.0363. The first-order chi connectivity index (χ1) is 28.3. The van der Waals surface area contributed by atoms with Crippen LogP contribution in [0.2, 0.25) is 0 Å². The molecule has 0 atom stereocenters. The lowest BCUT2D eigenvalue weighted by Gasteiger charge is -2.42. The Bertz CT molecular complexity index is 3090. The van der Waals surface area contributed by atoms with Gasteiger partial charge in [0.1, 0.15) is 11.2 Å². The molecule has 2 aromatic heterocycles. The maximum Gasteiger partial charge on any atom is 0.164 e. The second-order valence-electron chi connectivity index (χ2n) is 18.8. The van der Waals surface area contributed by atoms with E-state index in [4.69, 9.17) is 19.4 Å². The Morgan fingerprint density at radius 2 is 0.983 bits per heavy atom. The number of benzene rings is 7. The zero-order chi connectivity index (χ0) is 40.7. The number of aromatic nitrogens is 3. The van der Waals surface area contributed by atoms with Crippen molar-refractivity contribution in [1.29, 1.82) is 0 Å². The Balaban J connectivity index is 1.11. The molecule has 0 spiro atoms. The lowest BCUT2D eigenvalue weighted by atomic mass is 9.63. The highest BCUT2D eigenvalue weighted by atomic mass is 16.3. The van der Waals surface area contributed by atoms with Crippen LogP contribution in [0.1, 0.15) is 78.0 Å². The quantitative estimate of drug-likeness (QED) is 0.175. The molecular weight excluding hydrogens is 719 g/mol. The third kappa shape index (κ3) is 6.71. The first kappa shape index (κ1) is 36.9. The number of hydrogen-bond acceptors (Lipinski definition) is 4. The fourth-order valence-corrected chi connectivity index (χ4v) is 8.95. The van der Waals surface area contributed by atoms with Crippen LogP contribution in [0.25, 0.3) is 89.1 Å². The summed E-state index contributed by atoms with van der Waals surface area (Å²) in [6, 6.07) is 52.3. The fraction of sp³-hybridized carbons (Fsp3) is 0.218. The molecular formula is C55H49N3O. The average molecular weight is 768 g/mol. The van der Waals surface area contributed by atoms with Gasteiger partial charge in [-0.1, -0.05) is 146 Å². The Morgan fingerprint density at radius 1 is 0.424 bits per heavy atom. The van der Waals surface area contributed by atoms with Crippen molar-refractivity contribution in [1.82, 2.24) is 15.0 Å². The van der Waals surface area contributed by atoms with Crippen LogP contribution < -0.4 is 0 Å². The van der Waals surface area contributed by atoms with Crippen molar-refractivity contribution < 1.29 is 4.42 Å². The largest absolute Gasteiger partial charge is 0.456 e. The highest BCUT2D eigenvalue weighted by Crippen LogP contribution is 2.47. The SMILES string of the molecule is CC(C)(C)c1ccc2oc3cc(-c4nc(-c5cccc(-c6ccc7ccc(-c8ccccc8)cc7c6)c5)nc(-c5ccc6c(c5)C(C)(C)CCC6(C)C)n4)ccc3c2c1. The topological polar surface area (TPSA) is 51.8 Å². The van der Waals surface area contributed by atoms with Crippen molar-refractivity contribution in [3.05, 3.63) is 162 Å². The molecule has 0 radical (unpaired) electrons. The Kier molecular flexibility index (Phi) is 8.51. The van der Waals surface area contributed by atoms with Gasteiger partial charge in [-0.25, -0.2) is 15.0 Å². The predicted octanol–water partition coefficient (Wildman–Crippen LogP) is 14.9. The van der Waals surface area contributed by atoms with Crippen LogP contribution in [0.3, 0.4) is 0 Å². The van der Waals surface area contributed by atoms with Crippen molar-refractivity contribution in [2.45, 2.75) is 77.6 Å². The van der Waals surface area contributed by atoms with Crippen LogP contribution in [0, 0.1) is 0 Å². The molecule has 7 aromatic carbocycles. The molecule has 4 nitrogen and oxygen atoms in total. The van der Waals surface area contributed by atoms with Crippen molar-refractivity contribution in [2.75, 3.05) is 0 Å². The first-order valence-electron chi connectivity index (χ1n) is 20.9. The van der Waals surface area contributed by atoms with E-state index in [0.717, 1.165) is 62.6 Å². The molecule has 0 aliphatic heterocycles. The summed E-state index contributed by atoms with van der Waals surface area (Å²) in [5.41, 5.74) is 13.5. The third-order valence-electron chi connectivity index (χ3n) is 12.7. The van der Waals surface area contributed by atoms with E-state index in [-0.39, 0.29) is 16.2 Å². The molecule has 2 heterocycles. The van der Waals surface area contributed by atoms with Gasteiger partial charge >= 0.3 is 0 Å². The summed E-state index contributed by atoms with van der Waals surface area (Å²) >= 11 is 0. The van der Waals surface area contributed by atoms with E-state index < -0.39 is 0 Å². The highest BCUT2D eigenvalue weighted by Gasteiger charge is 2.37. The highest BCUT2D eigenvalue weighted by molar-refractivity contribution is 6.06. The number of fused-ring (bicyclic) bond motifs is 5. The number of rotatable bonds is 5. The van der Waals surface area contributed by atoms with E-state index in [0.29, 0.717) is 17.5 Å². The van der Waals surface area contributed by atoms with Gasteiger partial charge in [0, 0.05) is 27.5 Å². The minimum absolute atomic E-state index is 0.0363. The lowest BCUT2D eigenvalue weighted by Crippen LogP contribution is -2.33. The number of nitrogens with zero attached hydrogens (tertiary/aromatic N) is 3. The first-order valence-corrected chi connectivity index (χ1v) is 20.9. The van der Waals surface area contributed by atoms with Crippen molar-refractivity contribution >= 4 is 32.7 Å². The van der Waals surface area contributed by atoms with Crippen LogP contribution in [-0.2, 0) is 16.2 Å². The van der Waals surface area contributed by atoms with Gasteiger partial charge in [-0.05, 0) is 127 Å². The summed E-state index contributed by atoms with van der Waals surface area (Å²) in [7, 11) is 0. The van der Waals surface area contributed by atoms with E-state index in [1.165, 1.54) is 38.6 Å². The van der Waals surface area contributed by atoms with Crippen molar-refractivity contribution in [2.24, 2.45) is 0 Å². The summed E-state index contributed by atoms with van der Waals surface area (Å²) in [5.74, 6) is 1.91. The molecule has 1 aliphatic carbocycles. The molecule has 0 bridgehead atoms. The molecule has 9 aromatic rings. The predicted molar refractivity (Wildman–Crippen MR) is 246 cm³/mol. The zero-order valence-electron chi connectivity index (χ0n) is 35.0. The maximum atomic E-state index is 6.47. The van der Waals surface area contributed by atoms with Crippen molar-refractivity contribution in [3.8, 4) is 56.4 Å². The second kappa shape index (κ2) is 13.6. The molecule has 4 heteroatoms. The van der Waals surface area contributed by atoms with Gasteiger partial charge in [-0.15, -0.1) is 0 Å². The normalized spacial score (nSPS) is 14.8. The van der Waals surface area contributed by atoms with E-state index in [9.17, 15) is 0 Å². The van der Waals surface area contributed by atoms with Gasteiger partial charge in [0.2, 0.25) is 0 Å². The molecule has 0 amide bonds. The Hall–Kier alpha value is -6.39. The zero-order valence-corrected chi connectivity index (χ0v) is 35.0. The maximum absolute atomic E-state index is 6.47. The molecule has 0 fully saturated rings. The number of furan rings is 1. The standard InChI is InChI=1S/C55H49N3O/c1-53(2,3)43-22-25-48-45(33-43)44-23-20-41(32-49(44)59-48)52-57-50(56-51(58-52)40-21-24-46-47(31-40)55(6,7)27-26-54(46,4)5)39-15-11-14-36(28-39)38-19-17-35-16-18-37(29-42(35)30-38)34-12-9-8-10-13-34/h8-25,28-33H,26-27H2,1-7H3. The summed E-state index contributed by atoms with van der Waals surface area (Å²) in [4.78, 5) is 15.7. The van der Waals surface area contributed by atoms with Gasteiger partial charge in [-0.2, -0.15) is 0 Å². The summed E-state index contributed by atoms with van der Waals surface area (Å²) < 4.78 is 6.47. The smallest absolute Gasteiger partial charge is 0.164 e. The van der Waals surface area contributed by atoms with E-state index in [2.05, 4.69) is 194 Å². The average Bonchev–Trinajstić information content (AvgIpc) is 3.62. The van der Waals surface area contributed by atoms with E-state index >= 15 is 0 Å². The molecule has 0 saturated heterocycles. The lowest BCUT2D eigenvalue weighted by molar-refractivity contribution is 0.332. The molecule has 0 saturated carbocycles.